The number of nitrogens with two attached hydrogens (primary N) is 1. The van der Waals surface area contributed by atoms with Gasteiger partial charge in [0.15, 0.2) is 12.4 Å². The fourth-order valence-corrected chi connectivity index (χ4v) is 8.32. The van der Waals surface area contributed by atoms with Crippen LogP contribution in [0.15, 0.2) is 96.4 Å². The molecule has 0 radical (unpaired) electrons. The fourth-order valence-electron chi connectivity index (χ4n) is 3.23. The Labute approximate surface area is 181 Å². The molecule has 3 N–H and O–H groups in total. The maximum absolute atomic E-state index is 8.60. The molecule has 1 aromatic heterocycles. The van der Waals surface area contributed by atoms with E-state index >= 15 is 0 Å². The van der Waals surface area contributed by atoms with E-state index in [0.29, 0.717) is 5.13 Å². The number of rotatable bonds is 4. The lowest BCUT2D eigenvalue weighted by atomic mass is 10.4. The summed E-state index contributed by atoms with van der Waals surface area (Å²) in [7, 11) is -6.76. The number of aromatic nitrogens is 1. The normalized spacial score (nSPS) is 11.5. The lowest BCUT2D eigenvalue weighted by Crippen LogP contribution is -2.58. The molecule has 4 aromatic rings. The third-order valence-electron chi connectivity index (χ3n) is 4.28. The van der Waals surface area contributed by atoms with Crippen LogP contribution < -0.4 is 41.1 Å². The van der Waals surface area contributed by atoms with Crippen LogP contribution in [0.25, 0.3) is 0 Å². The van der Waals surface area contributed by atoms with Crippen molar-refractivity contribution >= 4 is 45.1 Å². The van der Waals surface area contributed by atoms with Crippen molar-refractivity contribution in [2.45, 2.75) is 0 Å². The highest BCUT2D eigenvalue weighted by atomic mass is 35.7. The van der Waals surface area contributed by atoms with Gasteiger partial charge in [-0.3, -0.25) is 0 Å². The summed E-state index contributed by atoms with van der Waals surface area (Å²) in [6.07, 6.45) is 0. The number of halogens is 1. The zero-order valence-electron chi connectivity index (χ0n) is 15.7. The molecular formula is C21H19ClN2O4PS+. The number of benzene rings is 3. The molecule has 0 aliphatic carbocycles. The number of thiazole rings is 1. The van der Waals surface area contributed by atoms with Crippen LogP contribution in [0.1, 0.15) is 0 Å². The first-order valence-electron chi connectivity index (χ1n) is 8.72. The van der Waals surface area contributed by atoms with Crippen LogP contribution in [0, 0.1) is 10.2 Å². The molecule has 0 fully saturated rings. The Morgan fingerprint density at radius 1 is 0.733 bits per heavy atom. The number of nitrogens with zero attached hydrogens (tertiary/aromatic N) is 1. The molecule has 0 aliphatic rings. The fraction of sp³-hybridized carbons (Fsp3) is 0. The van der Waals surface area contributed by atoms with Crippen molar-refractivity contribution in [2.24, 2.45) is 0 Å². The first-order valence-corrected chi connectivity index (χ1v) is 12.7. The number of hydrogen-bond donors (Lipinski definition) is 2. The van der Waals surface area contributed by atoms with E-state index in [-0.39, 0.29) is 0 Å². The molecule has 0 saturated carbocycles. The summed E-state index contributed by atoms with van der Waals surface area (Å²) in [6.45, 7) is 0. The maximum atomic E-state index is 8.60. The molecule has 30 heavy (non-hydrogen) atoms. The van der Waals surface area contributed by atoms with Gasteiger partial charge in [-0.25, -0.2) is 0 Å². The predicted molar refractivity (Wildman–Crippen MR) is 114 cm³/mol. The van der Waals surface area contributed by atoms with Crippen molar-refractivity contribution in [3.05, 3.63) is 96.4 Å². The molecule has 154 valence electrons. The van der Waals surface area contributed by atoms with Crippen molar-refractivity contribution in [1.29, 1.82) is 0 Å². The van der Waals surface area contributed by atoms with Gasteiger partial charge in [-0.2, -0.15) is 19.0 Å². The van der Waals surface area contributed by atoms with Gasteiger partial charge in [-0.1, -0.05) is 54.6 Å². The summed E-state index contributed by atoms with van der Waals surface area (Å²) >= 11 is 1.51. The highest BCUT2D eigenvalue weighted by molar-refractivity contribution is 8.01. The Balaban J connectivity index is 0.000000461. The zero-order valence-corrected chi connectivity index (χ0v) is 18.1. The summed E-state index contributed by atoms with van der Waals surface area (Å²) in [5.74, 6) is 0. The summed E-state index contributed by atoms with van der Waals surface area (Å²) < 4.78 is 32.7. The highest BCUT2D eigenvalue weighted by Crippen LogP contribution is 2.54. The van der Waals surface area contributed by atoms with Crippen LogP contribution in [-0.2, 0) is 0 Å². The molecule has 6 nitrogen and oxygen atoms in total. The Bertz CT molecular complexity index is 958. The van der Waals surface area contributed by atoms with E-state index in [1.807, 2.05) is 0 Å². The minimum absolute atomic E-state index is 0.613. The second kappa shape index (κ2) is 9.64. The predicted octanol–water partition coefficient (Wildman–Crippen LogP) is -0.779. The van der Waals surface area contributed by atoms with Crippen molar-refractivity contribution in [3.63, 3.8) is 0 Å². The number of hydrogen-bond acceptors (Lipinski definition) is 7. The highest BCUT2D eigenvalue weighted by Gasteiger charge is 2.49. The van der Waals surface area contributed by atoms with Crippen LogP contribution in [-0.4, -0.2) is 9.64 Å². The van der Waals surface area contributed by atoms with Crippen molar-refractivity contribution in [3.8, 4) is 0 Å². The minimum Gasteiger partial charge on any atom is -0.375 e. The van der Waals surface area contributed by atoms with Gasteiger partial charge in [-0.05, 0) is 36.4 Å². The van der Waals surface area contributed by atoms with Gasteiger partial charge < -0.3 is 5.73 Å². The molecular weight excluding hydrogens is 443 g/mol. The molecule has 3 aromatic carbocycles. The second-order valence-electron chi connectivity index (χ2n) is 6.12. The third kappa shape index (κ3) is 5.22. The average molecular weight is 462 g/mol. The second-order valence-corrected chi connectivity index (χ2v) is 11.1. The van der Waals surface area contributed by atoms with E-state index in [9.17, 15) is 0 Å². The number of anilines is 1. The monoisotopic (exact) mass is 461 g/mol. The summed E-state index contributed by atoms with van der Waals surface area (Å²) in [4.78, 5) is 4.76. The van der Waals surface area contributed by atoms with Gasteiger partial charge in [0.2, 0.25) is 5.44 Å². The first kappa shape index (κ1) is 22.3. The number of nitrogen functional groups attached to an aromatic ring is 1. The standard InChI is InChI=1S/C21H18N2PS.ClHO4/c22-21-23-20(16-25-21)24(17-10-4-1-5-11-17,18-12-6-2-7-13-18)19-14-8-3-9-15-19;2-1(3,4)5/h1-16H,(H2,22,23);(H,2,3,4,5)/q+1;. The minimum atomic E-state index is -4.69. The molecule has 1 heterocycles. The molecule has 0 aliphatic heterocycles. The Kier molecular flexibility index (Phi) is 7.18. The maximum Gasteiger partial charge on any atom is 0.210 e. The molecule has 9 heteroatoms. The summed E-state index contributed by atoms with van der Waals surface area (Å²) in [6, 6.07) is 32.1. The van der Waals surface area contributed by atoms with Gasteiger partial charge in [0, 0.05) is 0 Å². The van der Waals surface area contributed by atoms with Crippen LogP contribution in [0.2, 0.25) is 0 Å². The van der Waals surface area contributed by atoms with Gasteiger partial charge in [-0.15, -0.1) is 11.3 Å². The van der Waals surface area contributed by atoms with E-state index < -0.39 is 17.5 Å². The largest absolute Gasteiger partial charge is 0.375 e. The third-order valence-corrected chi connectivity index (χ3v) is 9.27. The lowest BCUT2D eigenvalue weighted by Gasteiger charge is -2.25. The van der Waals surface area contributed by atoms with Crippen LogP contribution >= 0.6 is 18.6 Å². The van der Waals surface area contributed by atoms with Crippen LogP contribution in [0.5, 0.6) is 0 Å². The Morgan fingerprint density at radius 3 is 1.33 bits per heavy atom. The molecule has 0 bridgehead atoms. The van der Waals surface area contributed by atoms with E-state index in [0.717, 1.165) is 5.44 Å². The lowest BCUT2D eigenvalue weighted by molar-refractivity contribution is -1.92. The smallest absolute Gasteiger partial charge is 0.210 e. The topological polar surface area (TPSA) is 128 Å². The first-order chi connectivity index (χ1) is 14.3. The molecule has 0 unspecified atom stereocenters. The average Bonchev–Trinajstić information content (AvgIpc) is 3.16. The van der Waals surface area contributed by atoms with Crippen molar-refractivity contribution in [1.82, 2.24) is 4.98 Å². The molecule has 0 saturated heterocycles. The Morgan fingerprint density at radius 2 is 1.07 bits per heavy atom. The SMILES string of the molecule is Nc1nc([P+](c2ccccc2)(c2ccccc2)c2ccccc2)cs1.[O-][Cl+3]([O-])([O-])O. The van der Waals surface area contributed by atoms with E-state index in [1.54, 1.807) is 0 Å². The summed E-state index contributed by atoms with van der Waals surface area (Å²) in [5.41, 5.74) is 7.10. The van der Waals surface area contributed by atoms with Crippen LogP contribution in [0.3, 0.4) is 0 Å². The molecule has 0 amide bonds. The van der Waals surface area contributed by atoms with Gasteiger partial charge in [0.05, 0.1) is 20.3 Å². The molecule has 0 spiro atoms. The van der Waals surface area contributed by atoms with Gasteiger partial charge in [0.25, 0.3) is 0 Å². The van der Waals surface area contributed by atoms with E-state index in [2.05, 4.69) is 96.4 Å². The van der Waals surface area contributed by atoms with E-state index in [4.69, 9.17) is 29.4 Å². The van der Waals surface area contributed by atoms with Crippen molar-refractivity contribution in [2.75, 3.05) is 5.73 Å². The van der Waals surface area contributed by atoms with Crippen molar-refractivity contribution < 1.29 is 28.9 Å². The van der Waals surface area contributed by atoms with Crippen LogP contribution in [0.4, 0.5) is 5.13 Å². The van der Waals surface area contributed by atoms with Gasteiger partial charge in [0.1, 0.15) is 15.9 Å². The quantitative estimate of drug-likeness (QED) is 0.384. The van der Waals surface area contributed by atoms with Gasteiger partial charge >= 0.3 is 0 Å². The summed E-state index contributed by atoms with van der Waals surface area (Å²) in [5, 5.41) is 6.60. The molecule has 0 atom stereocenters. The zero-order chi connectivity index (χ0) is 21.6. The Hall–Kier alpha value is -2.35. The molecule has 4 rings (SSSR count). The van der Waals surface area contributed by atoms with E-state index in [1.165, 1.54) is 27.3 Å².